The molecular formula is C14H15NO8S2. The lowest BCUT2D eigenvalue weighted by Crippen LogP contribution is -2.61. The van der Waals surface area contributed by atoms with Crippen LogP contribution in [0.15, 0.2) is 36.0 Å². The van der Waals surface area contributed by atoms with Gasteiger partial charge >= 0.3 is 0 Å². The smallest absolute Gasteiger partial charge is 0.295 e. The quantitative estimate of drug-likeness (QED) is 0.524. The predicted molar refractivity (Wildman–Crippen MR) is 86.4 cm³/mol. The SMILES string of the molecule is O=S(=O)(O)C1O[C@@H](Oc2cncc(-c3cccs3)c2)[C@H](O)[C@@H](O)[C@@H]1O. The number of ether oxygens (including phenoxy) is 2. The van der Waals surface area contributed by atoms with E-state index in [4.69, 9.17) is 14.0 Å². The third-order valence-electron chi connectivity index (χ3n) is 3.59. The van der Waals surface area contributed by atoms with E-state index in [1.165, 1.54) is 17.5 Å². The molecule has 5 atom stereocenters. The normalized spacial score (nSPS) is 30.2. The molecule has 25 heavy (non-hydrogen) atoms. The first kappa shape index (κ1) is 18.2. The topological polar surface area (TPSA) is 146 Å². The number of hydrogen-bond acceptors (Lipinski definition) is 9. The van der Waals surface area contributed by atoms with E-state index in [-0.39, 0.29) is 5.75 Å². The van der Waals surface area contributed by atoms with E-state index >= 15 is 0 Å². The highest BCUT2D eigenvalue weighted by atomic mass is 32.2. The van der Waals surface area contributed by atoms with Gasteiger partial charge in [0.2, 0.25) is 11.7 Å². The van der Waals surface area contributed by atoms with E-state index in [0.717, 1.165) is 10.4 Å². The molecule has 1 aliphatic rings. The molecule has 0 amide bonds. The molecule has 11 heteroatoms. The maximum absolute atomic E-state index is 11.3. The van der Waals surface area contributed by atoms with Crippen molar-refractivity contribution in [2.45, 2.75) is 30.0 Å². The van der Waals surface area contributed by atoms with Gasteiger partial charge in [0, 0.05) is 16.6 Å². The number of aromatic nitrogens is 1. The highest BCUT2D eigenvalue weighted by Gasteiger charge is 2.50. The molecule has 0 saturated carbocycles. The summed E-state index contributed by atoms with van der Waals surface area (Å²) in [6.07, 6.45) is -4.38. The van der Waals surface area contributed by atoms with Crippen LogP contribution < -0.4 is 4.74 Å². The van der Waals surface area contributed by atoms with Crippen LogP contribution in [0.25, 0.3) is 10.4 Å². The second-order valence-corrected chi connectivity index (χ2v) is 7.81. The number of pyridine rings is 1. The summed E-state index contributed by atoms with van der Waals surface area (Å²) < 4.78 is 41.9. The molecule has 136 valence electrons. The average Bonchev–Trinajstić information content (AvgIpc) is 3.09. The molecule has 1 fully saturated rings. The van der Waals surface area contributed by atoms with Gasteiger partial charge in [0.05, 0.1) is 6.20 Å². The molecule has 3 rings (SSSR count). The Morgan fingerprint density at radius 3 is 2.56 bits per heavy atom. The molecule has 0 spiro atoms. The van der Waals surface area contributed by atoms with Crippen LogP contribution in [0.2, 0.25) is 0 Å². The minimum Gasteiger partial charge on any atom is -0.460 e. The van der Waals surface area contributed by atoms with Crippen molar-refractivity contribution in [3.8, 4) is 16.2 Å². The fourth-order valence-corrected chi connectivity index (χ4v) is 3.83. The van der Waals surface area contributed by atoms with Crippen molar-refractivity contribution >= 4 is 21.5 Å². The highest BCUT2D eigenvalue weighted by molar-refractivity contribution is 7.86. The first-order valence-corrected chi connectivity index (χ1v) is 9.47. The Labute approximate surface area is 146 Å². The van der Waals surface area contributed by atoms with Crippen LogP contribution >= 0.6 is 11.3 Å². The third kappa shape index (κ3) is 3.82. The molecular weight excluding hydrogens is 374 g/mol. The lowest BCUT2D eigenvalue weighted by Gasteiger charge is -2.38. The minimum atomic E-state index is -4.84. The van der Waals surface area contributed by atoms with Gasteiger partial charge in [-0.3, -0.25) is 9.54 Å². The van der Waals surface area contributed by atoms with E-state index in [1.807, 2.05) is 17.5 Å². The second kappa shape index (κ2) is 6.96. The molecule has 0 aromatic carbocycles. The Kier molecular flexibility index (Phi) is 5.06. The second-order valence-electron chi connectivity index (χ2n) is 5.36. The Morgan fingerprint density at radius 2 is 1.92 bits per heavy atom. The van der Waals surface area contributed by atoms with E-state index in [0.29, 0.717) is 0 Å². The zero-order valence-corrected chi connectivity index (χ0v) is 14.2. The number of nitrogens with zero attached hydrogens (tertiary/aromatic N) is 1. The minimum absolute atomic E-state index is 0.146. The number of aliphatic hydroxyl groups is 3. The molecule has 0 radical (unpaired) electrons. The van der Waals surface area contributed by atoms with Gasteiger partial charge in [-0.2, -0.15) is 8.42 Å². The van der Waals surface area contributed by atoms with Crippen LogP contribution in [0.5, 0.6) is 5.75 Å². The van der Waals surface area contributed by atoms with Crippen LogP contribution in [0.3, 0.4) is 0 Å². The van der Waals surface area contributed by atoms with E-state index in [1.54, 1.807) is 12.3 Å². The maximum Gasteiger partial charge on any atom is 0.295 e. The average molecular weight is 389 g/mol. The molecule has 1 saturated heterocycles. The summed E-state index contributed by atoms with van der Waals surface area (Å²) >= 11 is 1.47. The summed E-state index contributed by atoms with van der Waals surface area (Å²) in [6.45, 7) is 0. The van der Waals surface area contributed by atoms with Crippen molar-refractivity contribution in [2.24, 2.45) is 0 Å². The van der Waals surface area contributed by atoms with E-state index in [9.17, 15) is 23.7 Å². The van der Waals surface area contributed by atoms with Gasteiger partial charge in [0.1, 0.15) is 24.1 Å². The molecule has 1 unspecified atom stereocenters. The van der Waals surface area contributed by atoms with Gasteiger partial charge in [-0.15, -0.1) is 11.3 Å². The lowest BCUT2D eigenvalue weighted by molar-refractivity contribution is -0.254. The molecule has 9 nitrogen and oxygen atoms in total. The predicted octanol–water partition coefficient (Wildman–Crippen LogP) is -0.158. The standard InChI is InChI=1S/C14H15NO8S2/c16-10-11(17)13(23-14(12(10)18)25(19,20)21)22-8-4-7(5-15-6-8)9-2-1-3-24-9/h1-6,10-14,16-18H,(H,19,20,21)/t10-,11-,12+,13-,14?/m1/s1. The molecule has 4 N–H and O–H groups in total. The van der Waals surface area contributed by atoms with Crippen molar-refractivity contribution in [3.63, 3.8) is 0 Å². The molecule has 2 aromatic rings. The Morgan fingerprint density at radius 1 is 1.16 bits per heavy atom. The van der Waals surface area contributed by atoms with Crippen LogP contribution in [0.4, 0.5) is 0 Å². The molecule has 2 aromatic heterocycles. The summed E-state index contributed by atoms with van der Waals surface area (Å²) in [5.74, 6) is 0.146. The summed E-state index contributed by atoms with van der Waals surface area (Å²) in [4.78, 5) is 4.91. The van der Waals surface area contributed by atoms with Gasteiger partial charge in [0.15, 0.2) is 0 Å². The van der Waals surface area contributed by atoms with Crippen LogP contribution in [0, 0.1) is 0 Å². The van der Waals surface area contributed by atoms with E-state index < -0.39 is 40.2 Å². The summed E-state index contributed by atoms with van der Waals surface area (Å²) in [5, 5.41) is 31.3. The van der Waals surface area contributed by atoms with Crippen molar-refractivity contribution in [3.05, 3.63) is 36.0 Å². The Hall–Kier alpha value is -1.60. The van der Waals surface area contributed by atoms with Crippen LogP contribution in [-0.4, -0.2) is 63.3 Å². The van der Waals surface area contributed by atoms with Gasteiger partial charge < -0.3 is 24.8 Å². The third-order valence-corrected chi connectivity index (χ3v) is 5.49. The monoisotopic (exact) mass is 389 g/mol. The zero-order chi connectivity index (χ0) is 18.2. The first-order valence-electron chi connectivity index (χ1n) is 7.09. The number of thiophene rings is 1. The summed E-state index contributed by atoms with van der Waals surface area (Å²) in [7, 11) is -4.84. The summed E-state index contributed by atoms with van der Waals surface area (Å²) in [6, 6.07) is 5.32. The highest BCUT2D eigenvalue weighted by Crippen LogP contribution is 2.30. The van der Waals surface area contributed by atoms with Crippen LogP contribution in [-0.2, 0) is 14.9 Å². The van der Waals surface area contributed by atoms with Gasteiger partial charge in [-0.05, 0) is 17.5 Å². The summed E-state index contributed by atoms with van der Waals surface area (Å²) in [5.41, 5.74) is -1.42. The fourth-order valence-electron chi connectivity index (χ4n) is 2.36. The maximum atomic E-state index is 11.3. The Balaban J connectivity index is 1.83. The molecule has 0 bridgehead atoms. The number of hydrogen-bond donors (Lipinski definition) is 4. The van der Waals surface area contributed by atoms with E-state index in [2.05, 4.69) is 4.98 Å². The Bertz CT molecular complexity index is 825. The number of aliphatic hydroxyl groups excluding tert-OH is 3. The van der Waals surface area contributed by atoms with Gasteiger partial charge in [-0.1, -0.05) is 6.07 Å². The fraction of sp³-hybridized carbons (Fsp3) is 0.357. The molecule has 0 aliphatic carbocycles. The van der Waals surface area contributed by atoms with Crippen molar-refractivity contribution in [1.82, 2.24) is 4.98 Å². The largest absolute Gasteiger partial charge is 0.460 e. The zero-order valence-electron chi connectivity index (χ0n) is 12.5. The van der Waals surface area contributed by atoms with Gasteiger partial charge in [-0.25, -0.2) is 0 Å². The van der Waals surface area contributed by atoms with Gasteiger partial charge in [0.25, 0.3) is 10.1 Å². The molecule has 3 heterocycles. The van der Waals surface area contributed by atoms with Crippen molar-refractivity contribution < 1.29 is 37.8 Å². The van der Waals surface area contributed by atoms with Crippen LogP contribution in [0.1, 0.15) is 0 Å². The van der Waals surface area contributed by atoms with Crippen molar-refractivity contribution in [1.29, 1.82) is 0 Å². The number of rotatable bonds is 4. The molecule has 1 aliphatic heterocycles. The first-order chi connectivity index (χ1) is 11.8. The lowest BCUT2D eigenvalue weighted by atomic mass is 10.1. The van der Waals surface area contributed by atoms with Crippen molar-refractivity contribution in [2.75, 3.05) is 0 Å².